The number of halogens is 2. The molecule has 1 heterocycles. The van der Waals surface area contributed by atoms with E-state index in [0.717, 1.165) is 0 Å². The molecule has 0 radical (unpaired) electrons. The predicted octanol–water partition coefficient (Wildman–Crippen LogP) is 0.848. The van der Waals surface area contributed by atoms with Crippen molar-refractivity contribution in [3.05, 3.63) is 60.3 Å². The maximum Gasteiger partial charge on any atom is 0.342 e. The largest absolute Gasteiger partial charge is 0.342 e. The number of nitrogens with zero attached hydrogens (tertiary/aromatic N) is 2. The Morgan fingerprint density at radius 3 is 2.78 bits per heavy atom. The summed E-state index contributed by atoms with van der Waals surface area (Å²) in [6, 6.07) is 4.90. The molecule has 0 bridgehead atoms. The van der Waals surface area contributed by atoms with Gasteiger partial charge in [0.1, 0.15) is 5.69 Å². The number of aromatic amines is 2. The molecule has 1 aromatic carbocycles. The third kappa shape index (κ3) is 5.04. The Balaban J connectivity index is 1.87. The van der Waals surface area contributed by atoms with Crippen LogP contribution in [0.4, 0.5) is 0 Å². The van der Waals surface area contributed by atoms with Crippen LogP contribution in [0.2, 0.25) is 10.0 Å². The molecule has 8 nitrogen and oxygen atoms in total. The van der Waals surface area contributed by atoms with Crippen LogP contribution in [0.1, 0.15) is 17.7 Å². The fourth-order valence-electron chi connectivity index (χ4n) is 1.60. The van der Waals surface area contributed by atoms with Crippen molar-refractivity contribution in [2.45, 2.75) is 12.8 Å². The number of aromatic nitrogens is 3. The normalized spacial score (nSPS) is 10.9. The first-order valence-corrected chi connectivity index (χ1v) is 7.16. The van der Waals surface area contributed by atoms with Gasteiger partial charge in [-0.2, -0.15) is 10.2 Å². The van der Waals surface area contributed by atoms with Crippen LogP contribution in [0.5, 0.6) is 0 Å². The molecule has 2 rings (SSSR count). The number of H-pyrrole nitrogens is 2. The van der Waals surface area contributed by atoms with E-state index in [1.165, 1.54) is 6.21 Å². The zero-order valence-corrected chi connectivity index (χ0v) is 13.1. The Morgan fingerprint density at radius 1 is 1.30 bits per heavy atom. The van der Waals surface area contributed by atoms with Gasteiger partial charge in [-0.15, -0.1) is 0 Å². The number of rotatable bonds is 5. The second kappa shape index (κ2) is 7.70. The van der Waals surface area contributed by atoms with E-state index >= 15 is 0 Å². The van der Waals surface area contributed by atoms with Gasteiger partial charge in [-0.1, -0.05) is 29.3 Å². The van der Waals surface area contributed by atoms with Crippen molar-refractivity contribution >= 4 is 35.3 Å². The number of hydrazone groups is 1. The highest BCUT2D eigenvalue weighted by Crippen LogP contribution is 2.21. The molecule has 0 spiro atoms. The number of carbonyl (C=O) groups is 1. The van der Waals surface area contributed by atoms with E-state index in [-0.39, 0.29) is 18.5 Å². The van der Waals surface area contributed by atoms with Gasteiger partial charge in [0, 0.05) is 12.8 Å². The molecule has 0 aliphatic rings. The monoisotopic (exact) mass is 355 g/mol. The van der Waals surface area contributed by atoms with E-state index < -0.39 is 17.2 Å². The SMILES string of the molecule is O=C(CCc1n[nH]c(=O)[nH]c1=O)N/N=C/c1ccc(Cl)c(Cl)c1. The van der Waals surface area contributed by atoms with Crippen molar-refractivity contribution in [3.8, 4) is 0 Å². The van der Waals surface area contributed by atoms with Crippen LogP contribution < -0.4 is 16.7 Å². The van der Waals surface area contributed by atoms with Crippen molar-refractivity contribution in [1.82, 2.24) is 20.6 Å². The summed E-state index contributed by atoms with van der Waals surface area (Å²) in [4.78, 5) is 35.8. The molecular weight excluding hydrogens is 345 g/mol. The number of aryl methyl sites for hydroxylation is 1. The highest BCUT2D eigenvalue weighted by atomic mass is 35.5. The standard InChI is InChI=1S/C13H11Cl2N5O3/c14-8-2-1-7(5-9(8)15)6-16-19-11(21)4-3-10-12(22)17-13(23)20-18-10/h1-2,5-6H,3-4H2,(H,19,21)(H2,17,20,22,23)/b16-6+. The fraction of sp³-hybridized carbons (Fsp3) is 0.154. The minimum atomic E-state index is -0.700. The molecule has 0 atom stereocenters. The molecule has 0 aliphatic heterocycles. The van der Waals surface area contributed by atoms with Crippen LogP contribution in [-0.4, -0.2) is 27.3 Å². The molecule has 120 valence electrons. The number of benzene rings is 1. The summed E-state index contributed by atoms with van der Waals surface area (Å²) in [6.45, 7) is 0. The first kappa shape index (κ1) is 16.9. The van der Waals surface area contributed by atoms with Gasteiger partial charge < -0.3 is 0 Å². The van der Waals surface area contributed by atoms with Crippen molar-refractivity contribution in [2.75, 3.05) is 0 Å². The van der Waals surface area contributed by atoms with Crippen LogP contribution in [0.15, 0.2) is 32.9 Å². The first-order chi connectivity index (χ1) is 11.0. The summed E-state index contributed by atoms with van der Waals surface area (Å²) >= 11 is 11.6. The maximum atomic E-state index is 11.6. The van der Waals surface area contributed by atoms with Gasteiger partial charge in [0.25, 0.3) is 5.56 Å². The van der Waals surface area contributed by atoms with E-state index in [1.54, 1.807) is 18.2 Å². The molecule has 2 aromatic rings. The van der Waals surface area contributed by atoms with Crippen molar-refractivity contribution < 1.29 is 4.79 Å². The number of amides is 1. The van der Waals surface area contributed by atoms with Crippen LogP contribution in [0.3, 0.4) is 0 Å². The number of nitrogens with one attached hydrogen (secondary N) is 3. The van der Waals surface area contributed by atoms with Crippen molar-refractivity contribution in [2.24, 2.45) is 5.10 Å². The lowest BCUT2D eigenvalue weighted by molar-refractivity contribution is -0.121. The summed E-state index contributed by atoms with van der Waals surface area (Å²) in [6.07, 6.45) is 1.46. The molecule has 0 saturated carbocycles. The minimum absolute atomic E-state index is 0.0131. The van der Waals surface area contributed by atoms with Gasteiger partial charge in [0.05, 0.1) is 16.3 Å². The van der Waals surface area contributed by atoms with Crippen LogP contribution in [-0.2, 0) is 11.2 Å². The predicted molar refractivity (Wildman–Crippen MR) is 86.0 cm³/mol. The van der Waals surface area contributed by atoms with Gasteiger partial charge >= 0.3 is 5.69 Å². The van der Waals surface area contributed by atoms with Crippen molar-refractivity contribution in [1.29, 1.82) is 0 Å². The smallest absolute Gasteiger partial charge is 0.273 e. The summed E-state index contributed by atoms with van der Waals surface area (Å²) in [5.74, 6) is -0.409. The summed E-state index contributed by atoms with van der Waals surface area (Å²) in [5.41, 5.74) is 1.71. The lowest BCUT2D eigenvalue weighted by atomic mass is 10.2. The lowest BCUT2D eigenvalue weighted by Crippen LogP contribution is -2.28. The molecular formula is C13H11Cl2N5O3. The zero-order valence-electron chi connectivity index (χ0n) is 11.6. The van der Waals surface area contributed by atoms with Crippen molar-refractivity contribution in [3.63, 3.8) is 0 Å². The van der Waals surface area contributed by atoms with E-state index in [1.807, 2.05) is 4.98 Å². The molecule has 0 aliphatic carbocycles. The topological polar surface area (TPSA) is 120 Å². The third-order valence-corrected chi connectivity index (χ3v) is 3.46. The quantitative estimate of drug-likeness (QED) is 0.543. The third-order valence-electron chi connectivity index (χ3n) is 2.72. The molecule has 0 unspecified atom stereocenters. The van der Waals surface area contributed by atoms with Gasteiger partial charge in [-0.3, -0.25) is 14.6 Å². The fourth-order valence-corrected chi connectivity index (χ4v) is 1.91. The Labute approximate surface area is 139 Å². The summed E-state index contributed by atoms with van der Waals surface area (Å²) in [7, 11) is 0. The highest BCUT2D eigenvalue weighted by molar-refractivity contribution is 6.42. The van der Waals surface area contributed by atoms with Gasteiger partial charge in [-0.25, -0.2) is 15.3 Å². The Kier molecular flexibility index (Phi) is 5.67. The Morgan fingerprint density at radius 2 is 2.09 bits per heavy atom. The van der Waals surface area contributed by atoms with E-state index in [0.29, 0.717) is 15.6 Å². The molecule has 0 saturated heterocycles. The zero-order chi connectivity index (χ0) is 16.8. The maximum absolute atomic E-state index is 11.6. The number of carbonyl (C=O) groups excluding carboxylic acids is 1. The molecule has 0 fully saturated rings. The van der Waals surface area contributed by atoms with Gasteiger partial charge in [0.15, 0.2) is 0 Å². The summed E-state index contributed by atoms with van der Waals surface area (Å²) in [5, 5.41) is 10.2. The first-order valence-electron chi connectivity index (χ1n) is 6.40. The molecule has 10 heteroatoms. The van der Waals surface area contributed by atoms with E-state index in [4.69, 9.17) is 23.2 Å². The second-order valence-electron chi connectivity index (χ2n) is 4.42. The second-order valence-corrected chi connectivity index (χ2v) is 5.23. The molecule has 1 amide bonds. The average molecular weight is 356 g/mol. The van der Waals surface area contributed by atoms with E-state index in [2.05, 4.69) is 20.7 Å². The molecule has 1 aromatic heterocycles. The number of hydrogen-bond acceptors (Lipinski definition) is 5. The molecule has 3 N–H and O–H groups in total. The average Bonchev–Trinajstić information content (AvgIpc) is 2.50. The highest BCUT2D eigenvalue weighted by Gasteiger charge is 2.06. The Bertz CT molecular complexity index is 859. The minimum Gasteiger partial charge on any atom is -0.273 e. The van der Waals surface area contributed by atoms with Crippen LogP contribution in [0, 0.1) is 0 Å². The lowest BCUT2D eigenvalue weighted by Gasteiger charge is -2.00. The molecule has 23 heavy (non-hydrogen) atoms. The Hall–Kier alpha value is -2.45. The van der Waals surface area contributed by atoms with Crippen LogP contribution in [0.25, 0.3) is 0 Å². The van der Waals surface area contributed by atoms with Crippen LogP contribution >= 0.6 is 23.2 Å². The summed E-state index contributed by atoms with van der Waals surface area (Å²) < 4.78 is 0. The van der Waals surface area contributed by atoms with E-state index in [9.17, 15) is 14.4 Å². The number of hydrogen-bond donors (Lipinski definition) is 3. The van der Waals surface area contributed by atoms with Gasteiger partial charge in [-0.05, 0) is 17.7 Å². The van der Waals surface area contributed by atoms with Gasteiger partial charge in [0.2, 0.25) is 5.91 Å².